The van der Waals surface area contributed by atoms with Crippen molar-refractivity contribution in [2.24, 2.45) is 11.8 Å². The number of rotatable bonds is 3. The molecule has 1 amide bonds. The quantitative estimate of drug-likeness (QED) is 0.811. The fourth-order valence-corrected chi connectivity index (χ4v) is 3.71. The average molecular weight is 332 g/mol. The molecular weight excluding hydrogens is 308 g/mol. The molecule has 0 unspecified atom stereocenters. The molecule has 6 heteroatoms. The third-order valence-corrected chi connectivity index (χ3v) is 4.62. The zero-order chi connectivity index (χ0) is 17.4. The number of piperidine rings is 1. The van der Waals surface area contributed by atoms with Crippen LogP contribution in [0.1, 0.15) is 36.5 Å². The van der Waals surface area contributed by atoms with Crippen LogP contribution >= 0.6 is 0 Å². The Kier molecular flexibility index (Phi) is 4.39. The van der Waals surface area contributed by atoms with Crippen LogP contribution in [0.2, 0.25) is 0 Å². The molecular formula is C18H24N2O4. The minimum Gasteiger partial charge on any atom is -0.464 e. The number of ether oxygens (including phenoxy) is 1. The van der Waals surface area contributed by atoms with E-state index in [1.54, 1.807) is 10.6 Å². The van der Waals surface area contributed by atoms with Crippen LogP contribution in [0.4, 0.5) is 0 Å². The number of esters is 1. The van der Waals surface area contributed by atoms with Crippen LogP contribution in [0.3, 0.4) is 0 Å². The highest BCUT2D eigenvalue weighted by molar-refractivity contribution is 5.95. The lowest BCUT2D eigenvalue weighted by atomic mass is 9.92. The number of nitrogens with zero attached hydrogens (tertiary/aromatic N) is 2. The van der Waals surface area contributed by atoms with Crippen molar-refractivity contribution in [2.75, 3.05) is 20.2 Å². The maximum absolute atomic E-state index is 12.8. The first-order chi connectivity index (χ1) is 11.4. The van der Waals surface area contributed by atoms with Gasteiger partial charge in [-0.15, -0.1) is 0 Å². The van der Waals surface area contributed by atoms with Crippen LogP contribution in [0.15, 0.2) is 16.5 Å². The van der Waals surface area contributed by atoms with Gasteiger partial charge in [0.2, 0.25) is 5.91 Å². The van der Waals surface area contributed by atoms with E-state index in [-0.39, 0.29) is 12.5 Å². The normalized spacial score (nSPS) is 21.2. The Morgan fingerprint density at radius 1 is 1.25 bits per heavy atom. The summed E-state index contributed by atoms with van der Waals surface area (Å²) in [5.41, 5.74) is 1.69. The van der Waals surface area contributed by atoms with Crippen LogP contribution < -0.4 is 0 Å². The molecule has 3 heterocycles. The predicted octanol–water partition coefficient (Wildman–Crippen LogP) is 2.83. The van der Waals surface area contributed by atoms with E-state index in [4.69, 9.17) is 9.15 Å². The Morgan fingerprint density at radius 2 is 1.92 bits per heavy atom. The zero-order valence-electron chi connectivity index (χ0n) is 14.7. The lowest BCUT2D eigenvalue weighted by Crippen LogP contribution is -2.44. The molecule has 3 rings (SSSR count). The van der Waals surface area contributed by atoms with Crippen LogP contribution in [0, 0.1) is 18.8 Å². The van der Waals surface area contributed by atoms with Gasteiger partial charge in [0.1, 0.15) is 18.0 Å². The molecule has 0 saturated carbocycles. The number of aryl methyl sites for hydroxylation is 1. The molecule has 0 bridgehead atoms. The lowest BCUT2D eigenvalue weighted by Gasteiger charge is -2.35. The second kappa shape index (κ2) is 6.34. The van der Waals surface area contributed by atoms with E-state index < -0.39 is 5.97 Å². The minimum absolute atomic E-state index is 0.0231. The summed E-state index contributed by atoms with van der Waals surface area (Å²) in [5, 5.41) is 0. The van der Waals surface area contributed by atoms with Gasteiger partial charge in [-0.3, -0.25) is 4.79 Å². The van der Waals surface area contributed by atoms with Crippen LogP contribution in [-0.2, 0) is 16.1 Å². The van der Waals surface area contributed by atoms with Crippen molar-refractivity contribution in [1.29, 1.82) is 0 Å². The van der Waals surface area contributed by atoms with Gasteiger partial charge in [0.15, 0.2) is 5.58 Å². The van der Waals surface area contributed by atoms with Crippen molar-refractivity contribution in [2.45, 2.75) is 33.7 Å². The Morgan fingerprint density at radius 3 is 2.54 bits per heavy atom. The standard InChI is InChI=1S/C18H24N2O4/c1-11-5-12(2)9-19(8-11)17(21)10-20-14-6-13(3)24-16(14)7-15(20)18(22)23-4/h6-7,11-12H,5,8-10H2,1-4H3/t11-,12-/m1/s1. The zero-order valence-corrected chi connectivity index (χ0v) is 14.7. The summed E-state index contributed by atoms with van der Waals surface area (Å²) in [6.07, 6.45) is 1.14. The number of hydrogen-bond donors (Lipinski definition) is 0. The summed E-state index contributed by atoms with van der Waals surface area (Å²) in [4.78, 5) is 26.7. The van der Waals surface area contributed by atoms with Crippen molar-refractivity contribution in [3.8, 4) is 0 Å². The van der Waals surface area contributed by atoms with Crippen molar-refractivity contribution >= 4 is 23.0 Å². The van der Waals surface area contributed by atoms with Gasteiger partial charge in [-0.05, 0) is 25.2 Å². The molecule has 24 heavy (non-hydrogen) atoms. The number of amides is 1. The van der Waals surface area contributed by atoms with Crippen molar-refractivity contribution < 1.29 is 18.7 Å². The Hall–Kier alpha value is -2.24. The van der Waals surface area contributed by atoms with Crippen molar-refractivity contribution in [3.63, 3.8) is 0 Å². The van der Waals surface area contributed by atoms with Gasteiger partial charge in [0.25, 0.3) is 0 Å². The lowest BCUT2D eigenvalue weighted by molar-refractivity contribution is -0.134. The third-order valence-electron chi connectivity index (χ3n) is 4.62. The summed E-state index contributed by atoms with van der Waals surface area (Å²) < 4.78 is 12.1. The summed E-state index contributed by atoms with van der Waals surface area (Å²) in [5.74, 6) is 1.30. The van der Waals surface area contributed by atoms with Gasteiger partial charge in [0.05, 0.1) is 12.6 Å². The summed E-state index contributed by atoms with van der Waals surface area (Å²) in [6.45, 7) is 7.84. The molecule has 130 valence electrons. The van der Waals surface area contributed by atoms with Crippen LogP contribution in [0.5, 0.6) is 0 Å². The highest BCUT2D eigenvalue weighted by Crippen LogP contribution is 2.26. The van der Waals surface area contributed by atoms with Gasteiger partial charge in [0, 0.05) is 25.2 Å². The highest BCUT2D eigenvalue weighted by Gasteiger charge is 2.27. The first-order valence-electron chi connectivity index (χ1n) is 8.34. The molecule has 2 atom stereocenters. The number of hydrogen-bond acceptors (Lipinski definition) is 4. The van der Waals surface area contributed by atoms with E-state index in [1.165, 1.54) is 7.11 Å². The molecule has 0 spiro atoms. The molecule has 1 fully saturated rings. The predicted molar refractivity (Wildman–Crippen MR) is 89.8 cm³/mol. The fourth-order valence-electron chi connectivity index (χ4n) is 3.71. The average Bonchev–Trinajstić information content (AvgIpc) is 3.03. The van der Waals surface area contributed by atoms with Gasteiger partial charge in [-0.25, -0.2) is 4.79 Å². The van der Waals surface area contributed by atoms with E-state index >= 15 is 0 Å². The molecule has 1 aliphatic rings. The third kappa shape index (κ3) is 3.05. The summed E-state index contributed by atoms with van der Waals surface area (Å²) in [6, 6.07) is 3.49. The summed E-state index contributed by atoms with van der Waals surface area (Å²) in [7, 11) is 1.34. The molecule has 2 aromatic rings. The summed E-state index contributed by atoms with van der Waals surface area (Å²) >= 11 is 0. The van der Waals surface area contributed by atoms with E-state index in [0.29, 0.717) is 23.1 Å². The highest BCUT2D eigenvalue weighted by atomic mass is 16.5. The molecule has 6 nitrogen and oxygen atoms in total. The minimum atomic E-state index is -0.466. The first-order valence-corrected chi connectivity index (χ1v) is 8.34. The SMILES string of the molecule is COC(=O)c1cc2oc(C)cc2n1CC(=O)N1C[C@H](C)C[C@@H](C)C1. The molecule has 0 N–H and O–H groups in total. The molecule has 1 saturated heterocycles. The van der Waals surface area contributed by atoms with Gasteiger partial charge in [-0.1, -0.05) is 13.8 Å². The maximum atomic E-state index is 12.8. The van der Waals surface area contributed by atoms with E-state index in [2.05, 4.69) is 13.8 Å². The number of aromatic nitrogens is 1. The Labute approximate surface area is 141 Å². The van der Waals surface area contributed by atoms with E-state index in [0.717, 1.165) is 30.8 Å². The van der Waals surface area contributed by atoms with Gasteiger partial charge < -0.3 is 18.6 Å². The first kappa shape index (κ1) is 16.6. The molecule has 2 aromatic heterocycles. The van der Waals surface area contributed by atoms with E-state index in [9.17, 15) is 9.59 Å². The number of methoxy groups -OCH3 is 1. The van der Waals surface area contributed by atoms with Crippen LogP contribution in [0.25, 0.3) is 11.1 Å². The largest absolute Gasteiger partial charge is 0.464 e. The van der Waals surface area contributed by atoms with Gasteiger partial charge >= 0.3 is 5.97 Å². The molecule has 0 aromatic carbocycles. The Balaban J connectivity index is 1.90. The molecule has 1 aliphatic heterocycles. The van der Waals surface area contributed by atoms with Crippen molar-refractivity contribution in [3.05, 3.63) is 23.6 Å². The Bertz CT molecular complexity index is 763. The fraction of sp³-hybridized carbons (Fsp3) is 0.556. The van der Waals surface area contributed by atoms with Gasteiger partial charge in [-0.2, -0.15) is 0 Å². The van der Waals surface area contributed by atoms with Crippen molar-refractivity contribution in [1.82, 2.24) is 9.47 Å². The molecule has 0 aliphatic carbocycles. The molecule has 0 radical (unpaired) electrons. The second-order valence-electron chi connectivity index (χ2n) is 6.96. The second-order valence-corrected chi connectivity index (χ2v) is 6.96. The topological polar surface area (TPSA) is 64.7 Å². The number of furan rings is 1. The van der Waals surface area contributed by atoms with Crippen LogP contribution in [-0.4, -0.2) is 41.5 Å². The smallest absolute Gasteiger partial charge is 0.354 e. The number of fused-ring (bicyclic) bond motifs is 1. The number of carbonyl (C=O) groups is 2. The van der Waals surface area contributed by atoms with E-state index in [1.807, 2.05) is 17.9 Å². The number of likely N-dealkylation sites (tertiary alicyclic amines) is 1. The maximum Gasteiger partial charge on any atom is 0.354 e. The number of carbonyl (C=O) groups excluding carboxylic acids is 2. The monoisotopic (exact) mass is 332 g/mol.